The van der Waals surface area contributed by atoms with Crippen LogP contribution in [-0.4, -0.2) is 17.0 Å². The summed E-state index contributed by atoms with van der Waals surface area (Å²) in [5.74, 6) is -0.526. The molecule has 1 N–H and O–H groups in total. The monoisotopic (exact) mass is 348 g/mol. The Balaban J connectivity index is 1.53. The van der Waals surface area contributed by atoms with Crippen LogP contribution in [0.15, 0.2) is 39.1 Å². The van der Waals surface area contributed by atoms with E-state index >= 15 is 0 Å². The van der Waals surface area contributed by atoms with E-state index in [4.69, 9.17) is 16.0 Å². The van der Waals surface area contributed by atoms with Crippen LogP contribution in [0.5, 0.6) is 0 Å². The zero-order valence-electron chi connectivity index (χ0n) is 13.5. The molecule has 1 aromatic heterocycles. The average Bonchev–Trinajstić information content (AvgIpc) is 2.88. The van der Waals surface area contributed by atoms with Gasteiger partial charge in [0.05, 0.1) is 5.52 Å². The highest BCUT2D eigenvalue weighted by molar-refractivity contribution is 6.31. The molecule has 6 heteroatoms. The summed E-state index contributed by atoms with van der Waals surface area (Å²) in [5, 5.41) is 3.45. The van der Waals surface area contributed by atoms with Gasteiger partial charge < -0.3 is 9.73 Å². The van der Waals surface area contributed by atoms with Crippen molar-refractivity contribution >= 4 is 28.6 Å². The Bertz CT molecular complexity index is 819. The largest absolute Gasteiger partial charge is 0.419 e. The van der Waals surface area contributed by atoms with Crippen molar-refractivity contribution in [1.29, 1.82) is 0 Å². The number of amides is 1. The summed E-state index contributed by atoms with van der Waals surface area (Å²) >= 11 is 5.96. The van der Waals surface area contributed by atoms with Crippen molar-refractivity contribution in [1.82, 2.24) is 9.88 Å². The van der Waals surface area contributed by atoms with Gasteiger partial charge in [0, 0.05) is 24.5 Å². The second-order valence-corrected chi connectivity index (χ2v) is 6.53. The van der Waals surface area contributed by atoms with Gasteiger partial charge in [-0.2, -0.15) is 0 Å². The summed E-state index contributed by atoms with van der Waals surface area (Å²) in [5.41, 5.74) is 2.54. The molecule has 1 aromatic carbocycles. The first-order valence-corrected chi connectivity index (χ1v) is 8.75. The van der Waals surface area contributed by atoms with Crippen LogP contribution >= 0.6 is 11.6 Å². The molecule has 0 saturated heterocycles. The normalized spacial score (nSPS) is 14.6. The molecule has 5 nitrogen and oxygen atoms in total. The fraction of sp³-hybridized carbons (Fsp3) is 0.444. The minimum atomic E-state index is -0.465. The SMILES string of the molecule is O=C(CCn1c(=O)oc2ccc(Cl)cc21)NCCC1=CCCCC1. The molecular weight excluding hydrogens is 328 g/mol. The maximum Gasteiger partial charge on any atom is 0.419 e. The average molecular weight is 349 g/mol. The van der Waals surface area contributed by atoms with E-state index in [1.165, 1.54) is 23.0 Å². The Kier molecular flexibility index (Phi) is 5.41. The molecule has 0 aliphatic heterocycles. The summed E-state index contributed by atoms with van der Waals surface area (Å²) in [6.45, 7) is 0.929. The van der Waals surface area contributed by atoms with E-state index in [0.717, 1.165) is 19.3 Å². The van der Waals surface area contributed by atoms with Crippen LogP contribution in [0.4, 0.5) is 0 Å². The number of hydrogen-bond donors (Lipinski definition) is 1. The van der Waals surface area contributed by atoms with Crippen molar-refractivity contribution in [2.75, 3.05) is 6.54 Å². The number of rotatable bonds is 6. The van der Waals surface area contributed by atoms with Gasteiger partial charge in [0.15, 0.2) is 5.58 Å². The van der Waals surface area contributed by atoms with Crippen LogP contribution in [0.1, 0.15) is 38.5 Å². The summed E-state index contributed by atoms with van der Waals surface area (Å²) in [6.07, 6.45) is 8.26. The lowest BCUT2D eigenvalue weighted by Crippen LogP contribution is -2.27. The minimum absolute atomic E-state index is 0.0605. The predicted molar refractivity (Wildman–Crippen MR) is 94.3 cm³/mol. The number of nitrogens with zero attached hydrogens (tertiary/aromatic N) is 1. The molecule has 0 fully saturated rings. The second kappa shape index (κ2) is 7.71. The number of nitrogens with one attached hydrogen (secondary N) is 1. The van der Waals surface area contributed by atoms with E-state index in [0.29, 0.717) is 22.7 Å². The van der Waals surface area contributed by atoms with Crippen molar-refractivity contribution in [2.24, 2.45) is 0 Å². The van der Waals surface area contributed by atoms with Crippen molar-refractivity contribution in [3.05, 3.63) is 45.4 Å². The van der Waals surface area contributed by atoms with Gasteiger partial charge in [-0.25, -0.2) is 4.79 Å². The first-order valence-electron chi connectivity index (χ1n) is 8.37. The highest BCUT2D eigenvalue weighted by Crippen LogP contribution is 2.20. The smallest absolute Gasteiger partial charge is 0.408 e. The third kappa shape index (κ3) is 4.09. The second-order valence-electron chi connectivity index (χ2n) is 6.09. The van der Waals surface area contributed by atoms with Crippen LogP contribution in [-0.2, 0) is 11.3 Å². The minimum Gasteiger partial charge on any atom is -0.408 e. The van der Waals surface area contributed by atoms with Crippen molar-refractivity contribution < 1.29 is 9.21 Å². The molecule has 3 rings (SSSR count). The molecular formula is C18H21ClN2O3. The first-order chi connectivity index (χ1) is 11.6. The number of fused-ring (bicyclic) bond motifs is 1. The Labute approximate surface area is 145 Å². The highest BCUT2D eigenvalue weighted by Gasteiger charge is 2.11. The number of aromatic nitrogens is 1. The molecule has 2 aromatic rings. The molecule has 0 atom stereocenters. The molecule has 24 heavy (non-hydrogen) atoms. The summed E-state index contributed by atoms with van der Waals surface area (Å²) < 4.78 is 6.61. The lowest BCUT2D eigenvalue weighted by atomic mass is 9.97. The van der Waals surface area contributed by atoms with Gasteiger partial charge in [-0.3, -0.25) is 9.36 Å². The third-order valence-corrected chi connectivity index (χ3v) is 4.58. The molecule has 0 spiro atoms. The van der Waals surface area contributed by atoms with Crippen LogP contribution in [0.25, 0.3) is 11.1 Å². The zero-order valence-corrected chi connectivity index (χ0v) is 14.3. The van der Waals surface area contributed by atoms with E-state index in [9.17, 15) is 9.59 Å². The fourth-order valence-corrected chi connectivity index (χ4v) is 3.21. The maximum atomic E-state index is 12.0. The lowest BCUT2D eigenvalue weighted by Gasteiger charge is -2.13. The first kappa shape index (κ1) is 16.8. The van der Waals surface area contributed by atoms with Gasteiger partial charge in [0.25, 0.3) is 0 Å². The van der Waals surface area contributed by atoms with Crippen LogP contribution < -0.4 is 11.1 Å². The highest BCUT2D eigenvalue weighted by atomic mass is 35.5. The van der Waals surface area contributed by atoms with Crippen molar-refractivity contribution in [3.63, 3.8) is 0 Å². The van der Waals surface area contributed by atoms with E-state index in [1.807, 2.05) is 0 Å². The van der Waals surface area contributed by atoms with Gasteiger partial charge in [0.2, 0.25) is 5.91 Å². The molecule has 0 bridgehead atoms. The number of carbonyl (C=O) groups excluding carboxylic acids is 1. The lowest BCUT2D eigenvalue weighted by molar-refractivity contribution is -0.121. The molecule has 0 unspecified atom stereocenters. The number of allylic oxidation sites excluding steroid dienone is 1. The number of benzene rings is 1. The Morgan fingerprint density at radius 2 is 2.21 bits per heavy atom. The molecule has 0 radical (unpaired) electrons. The van der Waals surface area contributed by atoms with Gasteiger partial charge >= 0.3 is 5.76 Å². The van der Waals surface area contributed by atoms with Crippen molar-refractivity contribution in [2.45, 2.75) is 45.1 Å². The Morgan fingerprint density at radius 3 is 3.00 bits per heavy atom. The third-order valence-electron chi connectivity index (χ3n) is 4.35. The van der Waals surface area contributed by atoms with Crippen molar-refractivity contribution in [3.8, 4) is 0 Å². The number of hydrogen-bond acceptors (Lipinski definition) is 3. The quantitative estimate of drug-likeness (QED) is 0.810. The molecule has 0 saturated carbocycles. The predicted octanol–water partition coefficient (Wildman–Crippen LogP) is 3.64. The molecule has 1 amide bonds. The molecule has 1 heterocycles. The number of aryl methyl sites for hydroxylation is 1. The number of carbonyl (C=O) groups is 1. The van der Waals surface area contributed by atoms with E-state index in [2.05, 4.69) is 11.4 Å². The number of oxazole rings is 1. The maximum absolute atomic E-state index is 12.0. The van der Waals surface area contributed by atoms with E-state index in [-0.39, 0.29) is 18.9 Å². The van der Waals surface area contributed by atoms with Crippen LogP contribution in [0.3, 0.4) is 0 Å². The standard InChI is InChI=1S/C18H21ClN2O3/c19-14-6-7-16-15(12-14)21(18(23)24-16)11-9-17(22)20-10-8-13-4-2-1-3-5-13/h4,6-7,12H,1-3,5,8-11H2,(H,20,22). The molecule has 1 aliphatic carbocycles. The Hall–Kier alpha value is -2.01. The summed E-state index contributed by atoms with van der Waals surface area (Å²) in [4.78, 5) is 23.9. The van der Waals surface area contributed by atoms with Gasteiger partial charge in [0.1, 0.15) is 0 Å². The van der Waals surface area contributed by atoms with E-state index in [1.54, 1.807) is 18.2 Å². The summed E-state index contributed by atoms with van der Waals surface area (Å²) in [6, 6.07) is 5.01. The van der Waals surface area contributed by atoms with Gasteiger partial charge in [-0.15, -0.1) is 0 Å². The fourth-order valence-electron chi connectivity index (χ4n) is 3.04. The van der Waals surface area contributed by atoms with Gasteiger partial charge in [-0.05, 0) is 50.3 Å². The van der Waals surface area contributed by atoms with Crippen LogP contribution in [0, 0.1) is 0 Å². The topological polar surface area (TPSA) is 64.2 Å². The van der Waals surface area contributed by atoms with Gasteiger partial charge in [-0.1, -0.05) is 23.3 Å². The summed E-state index contributed by atoms with van der Waals surface area (Å²) in [7, 11) is 0. The van der Waals surface area contributed by atoms with Crippen LogP contribution in [0.2, 0.25) is 5.02 Å². The Morgan fingerprint density at radius 1 is 1.33 bits per heavy atom. The molecule has 1 aliphatic rings. The zero-order chi connectivity index (χ0) is 16.9. The number of halogens is 1. The van der Waals surface area contributed by atoms with E-state index < -0.39 is 5.76 Å². The molecule has 128 valence electrons.